The summed E-state index contributed by atoms with van der Waals surface area (Å²) in [5.74, 6) is 0. The van der Waals surface area contributed by atoms with E-state index in [-0.39, 0.29) is 6.10 Å². The second kappa shape index (κ2) is 21.6. The molecule has 0 rings (SSSR count). The molecule has 0 heterocycles. The maximum atomic E-state index is 12.0. The predicted octanol–water partition coefficient (Wildman–Crippen LogP) is 8.59. The van der Waals surface area contributed by atoms with Crippen LogP contribution < -0.4 is 0 Å². The highest BCUT2D eigenvalue weighted by Gasteiger charge is 2.15. The number of hydrogen-bond donors (Lipinski definition) is 0. The van der Waals surface area contributed by atoms with Gasteiger partial charge in [0.05, 0.1) is 6.61 Å². The van der Waals surface area contributed by atoms with Crippen LogP contribution in [0.4, 0.5) is 4.79 Å². The van der Waals surface area contributed by atoms with E-state index in [0.29, 0.717) is 6.61 Å². The second-order valence-electron chi connectivity index (χ2n) is 8.01. The van der Waals surface area contributed by atoms with Crippen molar-refractivity contribution in [1.82, 2.24) is 0 Å². The van der Waals surface area contributed by atoms with E-state index in [2.05, 4.69) is 20.8 Å². The minimum atomic E-state index is -0.450. The summed E-state index contributed by atoms with van der Waals surface area (Å²) in [6.45, 7) is 7.18. The van der Waals surface area contributed by atoms with E-state index >= 15 is 0 Å². The van der Waals surface area contributed by atoms with Crippen LogP contribution in [0.3, 0.4) is 0 Å². The monoisotopic (exact) mass is 384 g/mol. The lowest BCUT2D eigenvalue weighted by molar-refractivity contribution is 0.0154. The first-order chi connectivity index (χ1) is 13.2. The number of unbranched alkanes of at least 4 members (excludes halogenated alkanes) is 13. The van der Waals surface area contributed by atoms with Gasteiger partial charge in [0.25, 0.3) is 0 Å². The molecule has 0 aliphatic rings. The first kappa shape index (κ1) is 26.3. The molecule has 3 nitrogen and oxygen atoms in total. The molecular formula is C24H48O3. The third-order valence-corrected chi connectivity index (χ3v) is 5.24. The van der Waals surface area contributed by atoms with Crippen LogP contribution in [0.2, 0.25) is 0 Å². The summed E-state index contributed by atoms with van der Waals surface area (Å²) in [4.78, 5) is 12.0. The fraction of sp³-hybridized carbons (Fsp3) is 0.958. The van der Waals surface area contributed by atoms with Crippen LogP contribution >= 0.6 is 0 Å². The Morgan fingerprint density at radius 1 is 0.593 bits per heavy atom. The van der Waals surface area contributed by atoms with Gasteiger partial charge in [-0.2, -0.15) is 0 Å². The lowest BCUT2D eigenvalue weighted by atomic mass is 10.0. The molecule has 0 unspecified atom stereocenters. The highest BCUT2D eigenvalue weighted by atomic mass is 16.7. The molecule has 0 spiro atoms. The van der Waals surface area contributed by atoms with E-state index < -0.39 is 6.16 Å². The topological polar surface area (TPSA) is 35.5 Å². The van der Waals surface area contributed by atoms with Gasteiger partial charge in [-0.3, -0.25) is 0 Å². The molecule has 0 aliphatic carbocycles. The maximum absolute atomic E-state index is 12.0. The van der Waals surface area contributed by atoms with Gasteiger partial charge in [0.2, 0.25) is 0 Å². The van der Waals surface area contributed by atoms with Gasteiger partial charge in [-0.25, -0.2) is 4.79 Å². The van der Waals surface area contributed by atoms with Gasteiger partial charge in [-0.05, 0) is 32.1 Å². The van der Waals surface area contributed by atoms with Crippen LogP contribution in [0.1, 0.15) is 136 Å². The van der Waals surface area contributed by atoms with Gasteiger partial charge in [0.15, 0.2) is 0 Å². The molecule has 27 heavy (non-hydrogen) atoms. The van der Waals surface area contributed by atoms with Gasteiger partial charge in [0.1, 0.15) is 6.10 Å². The molecule has 0 atom stereocenters. The summed E-state index contributed by atoms with van der Waals surface area (Å²) < 4.78 is 10.9. The molecule has 162 valence electrons. The Hall–Kier alpha value is -0.730. The van der Waals surface area contributed by atoms with Crippen LogP contribution in [0.15, 0.2) is 0 Å². The third-order valence-electron chi connectivity index (χ3n) is 5.24. The third kappa shape index (κ3) is 19.8. The smallest absolute Gasteiger partial charge is 0.434 e. The molecule has 0 N–H and O–H groups in total. The SMILES string of the molecule is CCCCCCCCC(CCCCCCCC)OC(=O)OCCCCCC. The summed E-state index contributed by atoms with van der Waals surface area (Å²) >= 11 is 0. The summed E-state index contributed by atoms with van der Waals surface area (Å²) in [6, 6.07) is 0. The van der Waals surface area contributed by atoms with Crippen LogP contribution in [0.5, 0.6) is 0 Å². The number of hydrogen-bond acceptors (Lipinski definition) is 3. The van der Waals surface area contributed by atoms with Crippen molar-refractivity contribution in [2.45, 2.75) is 142 Å². The number of rotatable bonds is 20. The zero-order valence-electron chi connectivity index (χ0n) is 18.7. The standard InChI is InChI=1S/C24H48O3/c1-4-7-10-13-15-17-20-23(21-18-16-14-11-8-5-2)27-24(25)26-22-19-12-9-6-3/h23H,4-22H2,1-3H3. The quantitative estimate of drug-likeness (QED) is 0.156. The first-order valence-electron chi connectivity index (χ1n) is 12.1. The molecule has 0 bridgehead atoms. The Morgan fingerprint density at radius 3 is 1.48 bits per heavy atom. The predicted molar refractivity (Wildman–Crippen MR) is 116 cm³/mol. The molecule has 0 radical (unpaired) electrons. The lowest BCUT2D eigenvalue weighted by Crippen LogP contribution is -2.19. The summed E-state index contributed by atoms with van der Waals surface area (Å²) in [5.41, 5.74) is 0. The Labute approximate surface area is 170 Å². The second-order valence-corrected chi connectivity index (χ2v) is 8.01. The Balaban J connectivity index is 4.00. The van der Waals surface area contributed by atoms with Gasteiger partial charge < -0.3 is 9.47 Å². The Morgan fingerprint density at radius 2 is 1.00 bits per heavy atom. The van der Waals surface area contributed by atoms with E-state index in [0.717, 1.165) is 38.5 Å². The molecule has 0 amide bonds. The highest BCUT2D eigenvalue weighted by Crippen LogP contribution is 2.17. The van der Waals surface area contributed by atoms with Crippen LogP contribution in [-0.2, 0) is 9.47 Å². The van der Waals surface area contributed by atoms with E-state index in [1.165, 1.54) is 77.0 Å². The zero-order valence-corrected chi connectivity index (χ0v) is 18.7. The van der Waals surface area contributed by atoms with Crippen LogP contribution in [-0.4, -0.2) is 18.9 Å². The number of carbonyl (C=O) groups is 1. The summed E-state index contributed by atoms with van der Waals surface area (Å²) in [7, 11) is 0. The lowest BCUT2D eigenvalue weighted by Gasteiger charge is -2.18. The Kier molecular flexibility index (Phi) is 21.0. The molecule has 0 aromatic heterocycles. The normalized spacial score (nSPS) is 11.1. The van der Waals surface area contributed by atoms with Crippen molar-refractivity contribution in [2.75, 3.05) is 6.61 Å². The van der Waals surface area contributed by atoms with E-state index in [4.69, 9.17) is 9.47 Å². The molecule has 0 saturated carbocycles. The number of ether oxygens (including phenoxy) is 2. The average molecular weight is 385 g/mol. The first-order valence-corrected chi connectivity index (χ1v) is 12.1. The minimum absolute atomic E-state index is 0.0468. The summed E-state index contributed by atoms with van der Waals surface area (Å²) in [5, 5.41) is 0. The molecule has 0 aromatic rings. The van der Waals surface area contributed by atoms with Gasteiger partial charge in [0, 0.05) is 0 Å². The zero-order chi connectivity index (χ0) is 20.0. The largest absolute Gasteiger partial charge is 0.508 e. The molecule has 0 aliphatic heterocycles. The fourth-order valence-corrected chi connectivity index (χ4v) is 3.42. The molecular weight excluding hydrogens is 336 g/mol. The van der Waals surface area contributed by atoms with Crippen molar-refractivity contribution in [2.24, 2.45) is 0 Å². The van der Waals surface area contributed by atoms with E-state index in [1.807, 2.05) is 0 Å². The van der Waals surface area contributed by atoms with Gasteiger partial charge >= 0.3 is 6.16 Å². The molecule has 0 saturated heterocycles. The van der Waals surface area contributed by atoms with E-state index in [1.54, 1.807) is 0 Å². The van der Waals surface area contributed by atoms with Gasteiger partial charge in [-0.1, -0.05) is 104 Å². The van der Waals surface area contributed by atoms with Crippen molar-refractivity contribution >= 4 is 6.16 Å². The van der Waals surface area contributed by atoms with Crippen LogP contribution in [0, 0.1) is 0 Å². The van der Waals surface area contributed by atoms with Crippen LogP contribution in [0.25, 0.3) is 0 Å². The Bertz CT molecular complexity index is 288. The minimum Gasteiger partial charge on any atom is -0.434 e. The van der Waals surface area contributed by atoms with Crippen molar-refractivity contribution in [3.63, 3.8) is 0 Å². The van der Waals surface area contributed by atoms with Crippen molar-refractivity contribution in [3.05, 3.63) is 0 Å². The average Bonchev–Trinajstić information content (AvgIpc) is 2.66. The highest BCUT2D eigenvalue weighted by molar-refractivity contribution is 5.60. The molecule has 0 aromatic carbocycles. The van der Waals surface area contributed by atoms with E-state index in [9.17, 15) is 4.79 Å². The van der Waals surface area contributed by atoms with Gasteiger partial charge in [-0.15, -0.1) is 0 Å². The summed E-state index contributed by atoms with van der Waals surface area (Å²) in [6.07, 6.45) is 21.4. The number of carbonyl (C=O) groups excluding carboxylic acids is 1. The van der Waals surface area contributed by atoms with Crippen molar-refractivity contribution in [3.8, 4) is 0 Å². The van der Waals surface area contributed by atoms with Crippen molar-refractivity contribution in [1.29, 1.82) is 0 Å². The molecule has 3 heteroatoms. The van der Waals surface area contributed by atoms with Crippen molar-refractivity contribution < 1.29 is 14.3 Å². The fourth-order valence-electron chi connectivity index (χ4n) is 3.42. The molecule has 0 fully saturated rings. The maximum Gasteiger partial charge on any atom is 0.508 e.